The molecule has 1 aromatic heterocycles. The minimum Gasteiger partial charge on any atom is -0.495 e. The molecule has 78 valence electrons. The zero-order valence-corrected chi connectivity index (χ0v) is 8.48. The van der Waals surface area contributed by atoms with E-state index in [1.165, 1.54) is 13.3 Å². The molecular formula is C9H12ClNO3. The summed E-state index contributed by atoms with van der Waals surface area (Å²) in [6.45, 7) is 0. The van der Waals surface area contributed by atoms with Gasteiger partial charge in [0, 0.05) is 6.20 Å². The molecule has 0 fully saturated rings. The number of rotatable bonds is 4. The van der Waals surface area contributed by atoms with Crippen LogP contribution >= 0.6 is 11.6 Å². The summed E-state index contributed by atoms with van der Waals surface area (Å²) < 4.78 is 4.98. The average molecular weight is 218 g/mol. The van der Waals surface area contributed by atoms with Crippen LogP contribution in [0.25, 0.3) is 0 Å². The molecule has 4 nitrogen and oxygen atoms in total. The smallest absolute Gasteiger partial charge is 0.143 e. The molecule has 1 aromatic rings. The monoisotopic (exact) mass is 217 g/mol. The molecule has 1 rings (SSSR count). The van der Waals surface area contributed by atoms with Crippen LogP contribution < -0.4 is 4.74 Å². The maximum atomic E-state index is 9.62. The van der Waals surface area contributed by atoms with E-state index in [0.29, 0.717) is 11.4 Å². The quantitative estimate of drug-likeness (QED) is 0.730. The number of pyridine rings is 1. The predicted octanol–water partition coefficient (Wildman–Crippen LogP) is 0.723. The van der Waals surface area contributed by atoms with Gasteiger partial charge in [-0.05, 0) is 12.1 Å². The largest absolute Gasteiger partial charge is 0.495 e. The highest BCUT2D eigenvalue weighted by atomic mass is 35.5. The Bertz CT molecular complexity index is 295. The first-order valence-corrected chi connectivity index (χ1v) is 4.65. The predicted molar refractivity (Wildman–Crippen MR) is 52.5 cm³/mol. The van der Waals surface area contributed by atoms with Gasteiger partial charge >= 0.3 is 0 Å². The molecule has 5 heteroatoms. The van der Waals surface area contributed by atoms with Crippen LogP contribution in [0.4, 0.5) is 0 Å². The summed E-state index contributed by atoms with van der Waals surface area (Å²) in [5, 5.41) is 18.9. The van der Waals surface area contributed by atoms with Crippen molar-refractivity contribution in [2.75, 3.05) is 13.0 Å². The van der Waals surface area contributed by atoms with Crippen LogP contribution in [-0.4, -0.2) is 34.3 Å². The summed E-state index contributed by atoms with van der Waals surface area (Å²) in [4.78, 5) is 3.92. The van der Waals surface area contributed by atoms with E-state index in [4.69, 9.17) is 16.3 Å². The van der Waals surface area contributed by atoms with E-state index >= 15 is 0 Å². The SMILES string of the molecule is COc1cccnc1C(O)C(O)CCl. The lowest BCUT2D eigenvalue weighted by atomic mass is 10.1. The van der Waals surface area contributed by atoms with Gasteiger partial charge in [0.1, 0.15) is 17.5 Å². The van der Waals surface area contributed by atoms with Crippen LogP contribution in [0.5, 0.6) is 5.75 Å². The topological polar surface area (TPSA) is 62.6 Å². The van der Waals surface area contributed by atoms with Gasteiger partial charge in [-0.3, -0.25) is 4.98 Å². The van der Waals surface area contributed by atoms with Crippen LogP contribution in [0.3, 0.4) is 0 Å². The number of halogens is 1. The highest BCUT2D eigenvalue weighted by Gasteiger charge is 2.21. The van der Waals surface area contributed by atoms with E-state index in [-0.39, 0.29) is 5.88 Å². The average Bonchev–Trinajstić information content (AvgIpc) is 2.26. The maximum absolute atomic E-state index is 9.62. The number of hydrogen-bond acceptors (Lipinski definition) is 4. The first-order valence-electron chi connectivity index (χ1n) is 4.11. The lowest BCUT2D eigenvalue weighted by Gasteiger charge is -2.16. The Morgan fingerprint density at radius 3 is 2.86 bits per heavy atom. The Morgan fingerprint density at radius 2 is 2.29 bits per heavy atom. The third kappa shape index (κ3) is 2.35. The Hall–Kier alpha value is -0.840. The normalized spacial score (nSPS) is 14.9. The highest BCUT2D eigenvalue weighted by molar-refractivity contribution is 6.18. The number of aliphatic hydroxyl groups is 2. The molecule has 0 amide bonds. The van der Waals surface area contributed by atoms with Crippen molar-refractivity contribution in [2.24, 2.45) is 0 Å². The Balaban J connectivity index is 2.93. The van der Waals surface area contributed by atoms with Crippen molar-refractivity contribution in [2.45, 2.75) is 12.2 Å². The van der Waals surface area contributed by atoms with Crippen molar-refractivity contribution in [3.8, 4) is 5.75 Å². The van der Waals surface area contributed by atoms with E-state index in [1.54, 1.807) is 12.1 Å². The van der Waals surface area contributed by atoms with Crippen molar-refractivity contribution < 1.29 is 14.9 Å². The minimum absolute atomic E-state index is 0.0547. The molecule has 2 unspecified atom stereocenters. The molecule has 0 aliphatic heterocycles. The van der Waals surface area contributed by atoms with E-state index in [0.717, 1.165) is 0 Å². The number of nitrogens with zero attached hydrogens (tertiary/aromatic N) is 1. The van der Waals surface area contributed by atoms with Gasteiger partial charge in [-0.25, -0.2) is 0 Å². The maximum Gasteiger partial charge on any atom is 0.143 e. The number of aromatic nitrogens is 1. The Morgan fingerprint density at radius 1 is 1.57 bits per heavy atom. The van der Waals surface area contributed by atoms with Gasteiger partial charge in [0.2, 0.25) is 0 Å². The van der Waals surface area contributed by atoms with Crippen molar-refractivity contribution in [1.29, 1.82) is 0 Å². The zero-order valence-electron chi connectivity index (χ0n) is 7.72. The van der Waals surface area contributed by atoms with Gasteiger partial charge in [0.05, 0.1) is 19.1 Å². The van der Waals surface area contributed by atoms with Crippen LogP contribution in [0.15, 0.2) is 18.3 Å². The molecular weight excluding hydrogens is 206 g/mol. The van der Waals surface area contributed by atoms with Gasteiger partial charge in [-0.1, -0.05) is 0 Å². The fraction of sp³-hybridized carbons (Fsp3) is 0.444. The standard InChI is InChI=1S/C9H12ClNO3/c1-14-7-3-2-4-11-8(7)9(13)6(12)5-10/h2-4,6,9,12-13H,5H2,1H3. The van der Waals surface area contributed by atoms with Gasteiger partial charge in [0.25, 0.3) is 0 Å². The third-order valence-electron chi connectivity index (χ3n) is 1.82. The number of aliphatic hydroxyl groups excluding tert-OH is 2. The summed E-state index contributed by atoms with van der Waals surface area (Å²) in [5.41, 5.74) is 0.295. The van der Waals surface area contributed by atoms with Crippen molar-refractivity contribution in [1.82, 2.24) is 4.98 Å². The molecule has 2 N–H and O–H groups in total. The summed E-state index contributed by atoms with van der Waals surface area (Å²) >= 11 is 5.41. The van der Waals surface area contributed by atoms with E-state index in [2.05, 4.69) is 4.98 Å². The molecule has 0 radical (unpaired) electrons. The molecule has 0 aliphatic rings. The summed E-state index contributed by atoms with van der Waals surface area (Å²) in [6, 6.07) is 3.34. The van der Waals surface area contributed by atoms with Gasteiger partial charge in [0.15, 0.2) is 0 Å². The van der Waals surface area contributed by atoms with E-state index < -0.39 is 12.2 Å². The third-order valence-corrected chi connectivity index (χ3v) is 2.14. The summed E-state index contributed by atoms with van der Waals surface area (Å²) in [5.74, 6) is 0.380. The lowest BCUT2D eigenvalue weighted by molar-refractivity contribution is 0.0283. The first-order chi connectivity index (χ1) is 6.70. The fourth-order valence-electron chi connectivity index (χ4n) is 1.06. The number of hydrogen-bond donors (Lipinski definition) is 2. The fourth-order valence-corrected chi connectivity index (χ4v) is 1.23. The summed E-state index contributed by atoms with van der Waals surface area (Å²) in [7, 11) is 1.47. The zero-order chi connectivity index (χ0) is 10.6. The number of ether oxygens (including phenoxy) is 1. The lowest BCUT2D eigenvalue weighted by Crippen LogP contribution is -2.21. The molecule has 0 saturated heterocycles. The first kappa shape index (κ1) is 11.2. The molecule has 0 aromatic carbocycles. The Kier molecular flexibility index (Phi) is 4.13. The van der Waals surface area contributed by atoms with Crippen molar-refractivity contribution >= 4 is 11.6 Å². The van der Waals surface area contributed by atoms with E-state index in [1.807, 2.05) is 0 Å². The number of alkyl halides is 1. The van der Waals surface area contributed by atoms with Gasteiger partial charge < -0.3 is 14.9 Å². The van der Waals surface area contributed by atoms with Crippen LogP contribution in [0.1, 0.15) is 11.8 Å². The van der Waals surface area contributed by atoms with Gasteiger partial charge in [-0.2, -0.15) is 0 Å². The molecule has 1 heterocycles. The number of methoxy groups -OCH3 is 1. The second-order valence-corrected chi connectivity index (χ2v) is 3.07. The second kappa shape index (κ2) is 5.14. The minimum atomic E-state index is -1.12. The van der Waals surface area contributed by atoms with Crippen LogP contribution in [0, 0.1) is 0 Å². The van der Waals surface area contributed by atoms with Crippen LogP contribution in [0.2, 0.25) is 0 Å². The van der Waals surface area contributed by atoms with Crippen LogP contribution in [-0.2, 0) is 0 Å². The van der Waals surface area contributed by atoms with Gasteiger partial charge in [-0.15, -0.1) is 11.6 Å². The summed E-state index contributed by atoms with van der Waals surface area (Å²) in [6.07, 6.45) is -0.647. The Labute approximate surface area is 87.1 Å². The molecule has 2 atom stereocenters. The molecule has 14 heavy (non-hydrogen) atoms. The van der Waals surface area contributed by atoms with E-state index in [9.17, 15) is 10.2 Å². The molecule has 0 spiro atoms. The highest BCUT2D eigenvalue weighted by Crippen LogP contribution is 2.24. The molecule has 0 saturated carbocycles. The second-order valence-electron chi connectivity index (χ2n) is 2.76. The molecule has 0 bridgehead atoms. The molecule has 0 aliphatic carbocycles. The van der Waals surface area contributed by atoms with Crippen molar-refractivity contribution in [3.05, 3.63) is 24.0 Å². The van der Waals surface area contributed by atoms with Crippen molar-refractivity contribution in [3.63, 3.8) is 0 Å².